The lowest BCUT2D eigenvalue weighted by atomic mass is 10.1. The summed E-state index contributed by atoms with van der Waals surface area (Å²) >= 11 is 5.98. The molecule has 1 aromatic rings. The molecule has 1 fully saturated rings. The largest absolute Gasteiger partial charge is 0.353 e. The first-order valence-electron chi connectivity index (χ1n) is 6.81. The molecule has 5 nitrogen and oxygen atoms in total. The van der Waals surface area contributed by atoms with Crippen LogP contribution in [0.3, 0.4) is 0 Å². The fourth-order valence-corrected chi connectivity index (χ4v) is 2.68. The summed E-state index contributed by atoms with van der Waals surface area (Å²) in [5, 5.41) is 0.560. The van der Waals surface area contributed by atoms with E-state index in [2.05, 4.69) is 0 Å². The second-order valence-corrected chi connectivity index (χ2v) is 7.04. The molecule has 1 heterocycles. The molecule has 21 heavy (non-hydrogen) atoms. The van der Waals surface area contributed by atoms with E-state index in [9.17, 15) is 8.42 Å². The third-order valence-corrected chi connectivity index (χ3v) is 3.91. The fourth-order valence-electron chi connectivity index (χ4n) is 2.11. The molecule has 1 aliphatic rings. The lowest BCUT2D eigenvalue weighted by Crippen LogP contribution is -2.27. The topological polar surface area (TPSA) is 61.8 Å². The quantitative estimate of drug-likeness (QED) is 0.748. The normalized spacial score (nSPS) is 21.1. The summed E-state index contributed by atoms with van der Waals surface area (Å²) in [6.45, 7) is 0.554. The van der Waals surface area contributed by atoms with Crippen LogP contribution in [-0.4, -0.2) is 34.2 Å². The van der Waals surface area contributed by atoms with Gasteiger partial charge in [0.15, 0.2) is 6.29 Å². The Morgan fingerprint density at radius 1 is 1.43 bits per heavy atom. The summed E-state index contributed by atoms with van der Waals surface area (Å²) in [6.07, 6.45) is 2.96. The summed E-state index contributed by atoms with van der Waals surface area (Å²) in [5.41, 5.74) is 0.764. The lowest BCUT2D eigenvalue weighted by Gasteiger charge is -2.27. The van der Waals surface area contributed by atoms with E-state index in [0.29, 0.717) is 11.6 Å². The molecular weight excluding hydrogens is 316 g/mol. The molecule has 0 aliphatic carbocycles. The summed E-state index contributed by atoms with van der Waals surface area (Å²) in [5.74, 6) is 0. The molecule has 118 valence electrons. The second kappa shape index (κ2) is 7.56. The van der Waals surface area contributed by atoms with Crippen molar-refractivity contribution in [3.05, 3.63) is 34.9 Å². The van der Waals surface area contributed by atoms with Crippen LogP contribution in [0.25, 0.3) is 0 Å². The maximum atomic E-state index is 11.2. The van der Waals surface area contributed by atoms with Crippen LogP contribution < -0.4 is 0 Å². The van der Waals surface area contributed by atoms with Crippen LogP contribution in [0.2, 0.25) is 5.02 Å². The van der Waals surface area contributed by atoms with Crippen molar-refractivity contribution in [2.45, 2.75) is 31.7 Å². The highest BCUT2D eigenvalue weighted by Gasteiger charge is 2.23. The molecule has 0 amide bonds. The minimum atomic E-state index is -3.53. The zero-order valence-corrected chi connectivity index (χ0v) is 13.4. The smallest absolute Gasteiger partial charge is 0.264 e. The standard InChI is InChI=1S/C14H19ClO5S/c1-21(16,17)19-10-13(11-5-4-6-12(15)9-11)20-14-7-2-3-8-18-14/h4-6,9,13-14H,2-3,7-8,10H2,1H3/t13?,14-/m1/s1. The highest BCUT2D eigenvalue weighted by atomic mass is 35.5. The van der Waals surface area contributed by atoms with Crippen molar-refractivity contribution >= 4 is 21.7 Å². The number of benzene rings is 1. The summed E-state index contributed by atoms with van der Waals surface area (Å²) in [4.78, 5) is 0. The Morgan fingerprint density at radius 2 is 2.24 bits per heavy atom. The van der Waals surface area contributed by atoms with Gasteiger partial charge in [-0.1, -0.05) is 23.7 Å². The van der Waals surface area contributed by atoms with Crippen LogP contribution >= 0.6 is 11.6 Å². The van der Waals surface area contributed by atoms with Crippen LogP contribution in [0.15, 0.2) is 24.3 Å². The number of hydrogen-bond acceptors (Lipinski definition) is 5. The minimum Gasteiger partial charge on any atom is -0.353 e. The molecule has 1 saturated heterocycles. The minimum absolute atomic E-state index is 0.0982. The van der Waals surface area contributed by atoms with Crippen molar-refractivity contribution in [3.8, 4) is 0 Å². The molecule has 0 radical (unpaired) electrons. The predicted octanol–water partition coefficient (Wildman–Crippen LogP) is 2.90. The zero-order chi connectivity index (χ0) is 15.3. The number of halogens is 1. The van der Waals surface area contributed by atoms with Crippen LogP contribution in [0, 0.1) is 0 Å². The molecule has 1 unspecified atom stereocenters. The van der Waals surface area contributed by atoms with Crippen molar-refractivity contribution in [3.63, 3.8) is 0 Å². The number of ether oxygens (including phenoxy) is 2. The number of rotatable bonds is 6. The van der Waals surface area contributed by atoms with E-state index in [1.165, 1.54) is 0 Å². The van der Waals surface area contributed by atoms with Gasteiger partial charge in [-0.3, -0.25) is 4.18 Å². The molecule has 0 N–H and O–H groups in total. The molecule has 2 rings (SSSR count). The van der Waals surface area contributed by atoms with E-state index in [1.54, 1.807) is 18.2 Å². The first-order chi connectivity index (χ1) is 9.94. The fraction of sp³-hybridized carbons (Fsp3) is 0.571. The van der Waals surface area contributed by atoms with E-state index in [4.69, 9.17) is 25.3 Å². The average molecular weight is 335 g/mol. The zero-order valence-electron chi connectivity index (χ0n) is 11.8. The predicted molar refractivity (Wildman–Crippen MR) is 79.7 cm³/mol. The molecule has 0 bridgehead atoms. The van der Waals surface area contributed by atoms with Gasteiger partial charge < -0.3 is 9.47 Å². The van der Waals surface area contributed by atoms with Gasteiger partial charge >= 0.3 is 0 Å². The Hall–Kier alpha value is -0.660. The molecule has 0 spiro atoms. The Morgan fingerprint density at radius 3 is 2.86 bits per heavy atom. The Bertz CT molecular complexity index is 554. The van der Waals surface area contributed by atoms with E-state index >= 15 is 0 Å². The van der Waals surface area contributed by atoms with Gasteiger partial charge in [0.05, 0.1) is 12.9 Å². The van der Waals surface area contributed by atoms with Gasteiger partial charge in [0.2, 0.25) is 0 Å². The van der Waals surface area contributed by atoms with E-state index in [-0.39, 0.29) is 12.9 Å². The van der Waals surface area contributed by atoms with Crippen LogP contribution in [0.4, 0.5) is 0 Å². The molecule has 2 atom stereocenters. The maximum Gasteiger partial charge on any atom is 0.264 e. The second-order valence-electron chi connectivity index (χ2n) is 4.96. The maximum absolute atomic E-state index is 11.2. The van der Waals surface area contributed by atoms with Gasteiger partial charge in [0.1, 0.15) is 6.10 Å². The first-order valence-corrected chi connectivity index (χ1v) is 9.00. The van der Waals surface area contributed by atoms with Gasteiger partial charge in [0, 0.05) is 11.6 Å². The SMILES string of the molecule is CS(=O)(=O)OCC(O[C@@H]1CCCCO1)c1cccc(Cl)c1. The highest BCUT2D eigenvalue weighted by molar-refractivity contribution is 7.85. The van der Waals surface area contributed by atoms with Crippen molar-refractivity contribution < 1.29 is 22.1 Å². The van der Waals surface area contributed by atoms with Gasteiger partial charge in [-0.15, -0.1) is 0 Å². The third kappa shape index (κ3) is 5.92. The van der Waals surface area contributed by atoms with Crippen LogP contribution in [0.1, 0.15) is 30.9 Å². The Labute approximate surface area is 130 Å². The van der Waals surface area contributed by atoms with Gasteiger partial charge in [0.25, 0.3) is 10.1 Å². The Balaban J connectivity index is 2.09. The first kappa shape index (κ1) is 16.7. The van der Waals surface area contributed by atoms with Crippen LogP contribution in [0.5, 0.6) is 0 Å². The van der Waals surface area contributed by atoms with E-state index in [0.717, 1.165) is 31.1 Å². The monoisotopic (exact) mass is 334 g/mol. The van der Waals surface area contributed by atoms with Crippen molar-refractivity contribution in [2.75, 3.05) is 19.5 Å². The molecule has 1 aromatic carbocycles. The molecule has 0 saturated carbocycles. The summed E-state index contributed by atoms with van der Waals surface area (Å²) < 4.78 is 38.6. The number of hydrogen-bond donors (Lipinski definition) is 0. The van der Waals surface area contributed by atoms with E-state index < -0.39 is 16.2 Å². The third-order valence-electron chi connectivity index (χ3n) is 3.11. The molecular formula is C14H19ClO5S. The summed E-state index contributed by atoms with van der Waals surface area (Å²) in [6, 6.07) is 7.10. The van der Waals surface area contributed by atoms with Crippen LogP contribution in [-0.2, 0) is 23.8 Å². The summed E-state index contributed by atoms with van der Waals surface area (Å²) in [7, 11) is -3.53. The highest BCUT2D eigenvalue weighted by Crippen LogP contribution is 2.26. The van der Waals surface area contributed by atoms with Crippen molar-refractivity contribution in [2.24, 2.45) is 0 Å². The molecule has 1 aliphatic heterocycles. The average Bonchev–Trinajstić information content (AvgIpc) is 2.43. The Kier molecular flexibility index (Phi) is 6.01. The lowest BCUT2D eigenvalue weighted by molar-refractivity contribution is -0.195. The van der Waals surface area contributed by atoms with Gasteiger partial charge in [-0.25, -0.2) is 0 Å². The molecule has 0 aromatic heterocycles. The molecule has 7 heteroatoms. The van der Waals surface area contributed by atoms with Gasteiger partial charge in [-0.05, 0) is 37.0 Å². The van der Waals surface area contributed by atoms with Gasteiger partial charge in [-0.2, -0.15) is 8.42 Å². The van der Waals surface area contributed by atoms with Crippen molar-refractivity contribution in [1.29, 1.82) is 0 Å². The van der Waals surface area contributed by atoms with E-state index in [1.807, 2.05) is 6.07 Å². The van der Waals surface area contributed by atoms with Crippen molar-refractivity contribution in [1.82, 2.24) is 0 Å².